The van der Waals surface area contributed by atoms with E-state index in [-0.39, 0.29) is 5.78 Å². The third-order valence-electron chi connectivity index (χ3n) is 2.52. The molecule has 18 heavy (non-hydrogen) atoms. The minimum Gasteiger partial charge on any atom is -0.496 e. The van der Waals surface area contributed by atoms with Crippen LogP contribution in [0.3, 0.4) is 0 Å². The van der Waals surface area contributed by atoms with E-state index >= 15 is 0 Å². The molecule has 0 fully saturated rings. The van der Waals surface area contributed by atoms with Gasteiger partial charge in [0, 0.05) is 14.5 Å². The molecule has 0 aliphatic rings. The van der Waals surface area contributed by atoms with Crippen LogP contribution >= 0.6 is 31.9 Å². The van der Waals surface area contributed by atoms with E-state index in [4.69, 9.17) is 4.74 Å². The first-order chi connectivity index (χ1) is 8.63. The van der Waals surface area contributed by atoms with Gasteiger partial charge in [-0.05, 0) is 30.3 Å². The molecule has 0 saturated carbocycles. The summed E-state index contributed by atoms with van der Waals surface area (Å²) in [7, 11) is 1.56. The largest absolute Gasteiger partial charge is 0.496 e. The van der Waals surface area contributed by atoms with Crippen molar-refractivity contribution in [2.75, 3.05) is 7.11 Å². The molecular formula is C14H10Br2O2. The standard InChI is InChI=1S/C14H10Br2O2/c1-18-13-5-3-2-4-10(13)14(17)11-8-9(15)6-7-12(11)16/h2-8H,1H3. The number of benzene rings is 2. The van der Waals surface area contributed by atoms with Crippen molar-refractivity contribution >= 4 is 37.6 Å². The van der Waals surface area contributed by atoms with Crippen LogP contribution in [-0.2, 0) is 0 Å². The van der Waals surface area contributed by atoms with E-state index in [1.54, 1.807) is 25.3 Å². The van der Waals surface area contributed by atoms with Crippen molar-refractivity contribution in [1.29, 1.82) is 0 Å². The first-order valence-corrected chi connectivity index (χ1v) is 6.85. The molecule has 0 aromatic heterocycles. The molecule has 4 heteroatoms. The second-order valence-corrected chi connectivity index (χ2v) is 5.42. The molecule has 0 saturated heterocycles. The molecule has 0 bridgehead atoms. The van der Waals surface area contributed by atoms with Gasteiger partial charge >= 0.3 is 0 Å². The van der Waals surface area contributed by atoms with Gasteiger partial charge in [0.15, 0.2) is 5.78 Å². The zero-order valence-electron chi connectivity index (χ0n) is 9.61. The molecule has 92 valence electrons. The number of methoxy groups -OCH3 is 1. The van der Waals surface area contributed by atoms with E-state index in [9.17, 15) is 4.79 Å². The normalized spacial score (nSPS) is 10.2. The Morgan fingerprint density at radius 3 is 2.50 bits per heavy atom. The van der Waals surface area contributed by atoms with Crippen molar-refractivity contribution in [3.8, 4) is 5.75 Å². The number of rotatable bonds is 3. The summed E-state index contributed by atoms with van der Waals surface area (Å²) < 4.78 is 6.84. The Morgan fingerprint density at radius 1 is 1.06 bits per heavy atom. The molecular weight excluding hydrogens is 360 g/mol. The second-order valence-electron chi connectivity index (χ2n) is 3.65. The van der Waals surface area contributed by atoms with Crippen LogP contribution in [0, 0.1) is 0 Å². The Kier molecular flexibility index (Phi) is 4.19. The van der Waals surface area contributed by atoms with Crippen LogP contribution in [0.2, 0.25) is 0 Å². The molecule has 0 spiro atoms. The smallest absolute Gasteiger partial charge is 0.197 e. The predicted molar refractivity (Wildman–Crippen MR) is 78.3 cm³/mol. The highest BCUT2D eigenvalue weighted by Gasteiger charge is 2.16. The van der Waals surface area contributed by atoms with Gasteiger partial charge in [-0.25, -0.2) is 0 Å². The monoisotopic (exact) mass is 368 g/mol. The molecule has 2 nitrogen and oxygen atoms in total. The Bertz CT molecular complexity index is 594. The van der Waals surface area contributed by atoms with Crippen LogP contribution in [0.4, 0.5) is 0 Å². The minimum absolute atomic E-state index is 0.0689. The Morgan fingerprint density at radius 2 is 1.78 bits per heavy atom. The minimum atomic E-state index is -0.0689. The number of carbonyl (C=O) groups is 1. The summed E-state index contributed by atoms with van der Waals surface area (Å²) in [5.74, 6) is 0.509. The van der Waals surface area contributed by atoms with E-state index < -0.39 is 0 Å². The summed E-state index contributed by atoms with van der Waals surface area (Å²) >= 11 is 6.76. The summed E-state index contributed by atoms with van der Waals surface area (Å²) in [4.78, 5) is 12.5. The highest BCUT2D eigenvalue weighted by molar-refractivity contribution is 9.11. The molecule has 2 rings (SSSR count). The van der Waals surface area contributed by atoms with Crippen LogP contribution in [0.25, 0.3) is 0 Å². The number of hydrogen-bond acceptors (Lipinski definition) is 2. The fraction of sp³-hybridized carbons (Fsp3) is 0.0714. The van der Waals surface area contributed by atoms with Crippen molar-refractivity contribution in [2.24, 2.45) is 0 Å². The number of carbonyl (C=O) groups excluding carboxylic acids is 1. The number of para-hydroxylation sites is 1. The highest BCUT2D eigenvalue weighted by Crippen LogP contribution is 2.27. The summed E-state index contributed by atoms with van der Waals surface area (Å²) in [6, 6.07) is 12.7. The zero-order valence-corrected chi connectivity index (χ0v) is 12.8. The van der Waals surface area contributed by atoms with Crippen LogP contribution in [0.1, 0.15) is 15.9 Å². The molecule has 0 aliphatic heterocycles. The molecule has 0 N–H and O–H groups in total. The number of ketones is 1. The average molecular weight is 370 g/mol. The third-order valence-corrected chi connectivity index (χ3v) is 3.71. The topological polar surface area (TPSA) is 26.3 Å². The highest BCUT2D eigenvalue weighted by atomic mass is 79.9. The van der Waals surface area contributed by atoms with Crippen molar-refractivity contribution in [3.63, 3.8) is 0 Å². The molecule has 2 aromatic carbocycles. The van der Waals surface area contributed by atoms with Crippen LogP contribution in [-0.4, -0.2) is 12.9 Å². The van der Waals surface area contributed by atoms with Gasteiger partial charge in [-0.1, -0.05) is 44.0 Å². The maximum atomic E-state index is 12.5. The zero-order chi connectivity index (χ0) is 13.1. The van der Waals surface area contributed by atoms with Gasteiger partial charge in [-0.3, -0.25) is 4.79 Å². The van der Waals surface area contributed by atoms with Crippen LogP contribution in [0.5, 0.6) is 5.75 Å². The predicted octanol–water partition coefficient (Wildman–Crippen LogP) is 4.45. The lowest BCUT2D eigenvalue weighted by molar-refractivity contribution is 0.103. The fourth-order valence-electron chi connectivity index (χ4n) is 1.65. The Balaban J connectivity index is 2.51. The van der Waals surface area contributed by atoms with Gasteiger partial charge in [0.05, 0.1) is 12.7 Å². The lowest BCUT2D eigenvalue weighted by Gasteiger charge is -2.08. The van der Waals surface area contributed by atoms with Crippen LogP contribution < -0.4 is 4.74 Å². The van der Waals surface area contributed by atoms with Crippen molar-refractivity contribution in [2.45, 2.75) is 0 Å². The Hall–Kier alpha value is -1.13. The van der Waals surface area contributed by atoms with Gasteiger partial charge < -0.3 is 4.74 Å². The average Bonchev–Trinajstić information content (AvgIpc) is 2.40. The molecule has 0 heterocycles. The lowest BCUT2D eigenvalue weighted by atomic mass is 10.0. The molecule has 2 aromatic rings. The van der Waals surface area contributed by atoms with Gasteiger partial charge in [-0.15, -0.1) is 0 Å². The van der Waals surface area contributed by atoms with Crippen molar-refractivity contribution in [3.05, 3.63) is 62.5 Å². The summed E-state index contributed by atoms with van der Waals surface area (Å²) in [6.45, 7) is 0. The lowest BCUT2D eigenvalue weighted by Crippen LogP contribution is -2.04. The molecule has 0 radical (unpaired) electrons. The molecule has 0 amide bonds. The number of halogens is 2. The summed E-state index contributed by atoms with van der Waals surface area (Å²) in [6.07, 6.45) is 0. The van der Waals surface area contributed by atoms with Gasteiger partial charge in [-0.2, -0.15) is 0 Å². The van der Waals surface area contributed by atoms with Crippen molar-refractivity contribution in [1.82, 2.24) is 0 Å². The number of ether oxygens (including phenoxy) is 1. The van der Waals surface area contributed by atoms with Gasteiger partial charge in [0.1, 0.15) is 5.75 Å². The third kappa shape index (κ3) is 2.65. The SMILES string of the molecule is COc1ccccc1C(=O)c1cc(Br)ccc1Br. The Labute approximate surface area is 122 Å². The van der Waals surface area contributed by atoms with E-state index in [1.165, 1.54) is 0 Å². The maximum absolute atomic E-state index is 12.5. The molecule has 0 atom stereocenters. The van der Waals surface area contributed by atoms with Gasteiger partial charge in [0.25, 0.3) is 0 Å². The van der Waals surface area contributed by atoms with Gasteiger partial charge in [0.2, 0.25) is 0 Å². The quantitative estimate of drug-likeness (QED) is 0.747. The molecule has 0 unspecified atom stereocenters. The van der Waals surface area contributed by atoms with E-state index in [0.29, 0.717) is 16.9 Å². The number of hydrogen-bond donors (Lipinski definition) is 0. The van der Waals surface area contributed by atoms with E-state index in [2.05, 4.69) is 31.9 Å². The van der Waals surface area contributed by atoms with Crippen molar-refractivity contribution < 1.29 is 9.53 Å². The maximum Gasteiger partial charge on any atom is 0.197 e. The summed E-state index contributed by atoms with van der Waals surface area (Å²) in [5.41, 5.74) is 1.16. The first kappa shape index (κ1) is 13.3. The first-order valence-electron chi connectivity index (χ1n) is 5.26. The van der Waals surface area contributed by atoms with E-state index in [0.717, 1.165) is 8.95 Å². The molecule has 0 aliphatic carbocycles. The fourth-order valence-corrected chi connectivity index (χ4v) is 2.44. The summed E-state index contributed by atoms with van der Waals surface area (Å²) in [5, 5.41) is 0. The van der Waals surface area contributed by atoms with E-state index in [1.807, 2.05) is 24.3 Å². The van der Waals surface area contributed by atoms with Crippen LogP contribution in [0.15, 0.2) is 51.4 Å². The second kappa shape index (κ2) is 5.67.